The van der Waals surface area contributed by atoms with Crippen LogP contribution in [0.3, 0.4) is 0 Å². The topological polar surface area (TPSA) is 111 Å². The van der Waals surface area contributed by atoms with Crippen LogP contribution in [0.25, 0.3) is 0 Å². The van der Waals surface area contributed by atoms with Crippen LogP contribution >= 0.6 is 0 Å². The van der Waals surface area contributed by atoms with Crippen molar-refractivity contribution in [3.63, 3.8) is 0 Å². The maximum Gasteiger partial charge on any atom is 0.426 e. The van der Waals surface area contributed by atoms with E-state index in [1.54, 1.807) is 18.2 Å². The number of dihydropyridines is 1. The molecule has 0 saturated heterocycles. The summed E-state index contributed by atoms with van der Waals surface area (Å²) in [6.07, 6.45) is -0.771. The number of aliphatic hydroxyl groups is 1. The minimum atomic E-state index is -5.38. The van der Waals surface area contributed by atoms with E-state index in [-0.39, 0.29) is 24.1 Å². The van der Waals surface area contributed by atoms with Crippen LogP contribution in [-0.2, 0) is 33.8 Å². The van der Waals surface area contributed by atoms with E-state index in [2.05, 4.69) is 16.0 Å². The summed E-state index contributed by atoms with van der Waals surface area (Å²) in [6.45, 7) is -0.919. The molecule has 0 fully saturated rings. The lowest BCUT2D eigenvalue weighted by atomic mass is 9.78. The summed E-state index contributed by atoms with van der Waals surface area (Å²) in [5.74, 6) is -4.34. The largest absolute Gasteiger partial charge is 0.426 e. The first-order valence-corrected chi connectivity index (χ1v) is 12.6. The summed E-state index contributed by atoms with van der Waals surface area (Å²) in [5.41, 5.74) is -2.11. The number of amides is 3. The molecule has 0 aromatic heterocycles. The standard InChI is InChI=1S/C28H25F5N4O4/c1-26(41,28(31,32)33)25(40)37(13-15-7-18(29)10-19(30)8-15)14-22(38)35-20-5-4-16-11-27(12-17(16)9-20)21-3-2-6-34-23(21)36-24(27)39/h2-5,7-10,34,41H,6,11-14H2,1H3,(H,35,38)(H,36,39). The van der Waals surface area contributed by atoms with Crippen molar-refractivity contribution in [3.8, 4) is 0 Å². The number of nitrogens with one attached hydrogen (secondary N) is 3. The number of hydrogen-bond donors (Lipinski definition) is 4. The third-order valence-corrected chi connectivity index (χ3v) is 7.50. The van der Waals surface area contributed by atoms with Crippen molar-refractivity contribution < 1.29 is 41.4 Å². The predicted molar refractivity (Wildman–Crippen MR) is 136 cm³/mol. The molecule has 8 nitrogen and oxygen atoms in total. The summed E-state index contributed by atoms with van der Waals surface area (Å²) < 4.78 is 67.7. The number of hydrogen-bond acceptors (Lipinski definition) is 5. The zero-order valence-electron chi connectivity index (χ0n) is 21.7. The van der Waals surface area contributed by atoms with Gasteiger partial charge in [-0.2, -0.15) is 13.2 Å². The minimum Gasteiger partial charge on any atom is -0.373 e. The van der Waals surface area contributed by atoms with E-state index in [4.69, 9.17) is 0 Å². The normalized spacial score (nSPS) is 20.7. The molecule has 13 heteroatoms. The second-order valence-corrected chi connectivity index (χ2v) is 10.5. The Bertz CT molecular complexity index is 1500. The molecule has 1 aliphatic carbocycles. The van der Waals surface area contributed by atoms with Crippen molar-refractivity contribution in [2.45, 2.75) is 38.1 Å². The van der Waals surface area contributed by atoms with Crippen molar-refractivity contribution in [2.75, 3.05) is 18.4 Å². The van der Waals surface area contributed by atoms with Crippen LogP contribution in [0.4, 0.5) is 27.6 Å². The van der Waals surface area contributed by atoms with E-state index in [0.29, 0.717) is 36.2 Å². The molecule has 3 aliphatic rings. The molecular weight excluding hydrogens is 551 g/mol. The van der Waals surface area contributed by atoms with E-state index in [1.807, 2.05) is 12.2 Å². The number of alkyl halides is 3. The molecule has 0 bridgehead atoms. The Kier molecular flexibility index (Phi) is 6.88. The van der Waals surface area contributed by atoms with Gasteiger partial charge in [0.1, 0.15) is 24.0 Å². The zero-order chi connectivity index (χ0) is 29.7. The summed E-state index contributed by atoms with van der Waals surface area (Å²) in [6, 6.07) is 7.09. The van der Waals surface area contributed by atoms with Crippen molar-refractivity contribution in [3.05, 3.63) is 88.3 Å². The van der Waals surface area contributed by atoms with Gasteiger partial charge in [-0.15, -0.1) is 0 Å². The number of halogens is 5. The Hall–Kier alpha value is -4.26. The van der Waals surface area contributed by atoms with Crippen LogP contribution in [0.5, 0.6) is 0 Å². The third kappa shape index (κ3) is 5.17. The Morgan fingerprint density at radius 2 is 1.76 bits per heavy atom. The average molecular weight is 577 g/mol. The third-order valence-electron chi connectivity index (χ3n) is 7.50. The quantitative estimate of drug-likeness (QED) is 0.396. The van der Waals surface area contributed by atoms with Crippen molar-refractivity contribution in [1.82, 2.24) is 15.5 Å². The molecule has 0 radical (unpaired) electrons. The highest BCUT2D eigenvalue weighted by atomic mass is 19.4. The fourth-order valence-corrected chi connectivity index (χ4v) is 5.41. The maximum atomic E-state index is 13.7. The molecule has 216 valence electrons. The number of carbonyl (C=O) groups is 3. The lowest BCUT2D eigenvalue weighted by Crippen LogP contribution is -2.57. The van der Waals surface area contributed by atoms with Gasteiger partial charge >= 0.3 is 6.18 Å². The summed E-state index contributed by atoms with van der Waals surface area (Å²) in [5, 5.41) is 18.5. The predicted octanol–water partition coefficient (Wildman–Crippen LogP) is 2.83. The summed E-state index contributed by atoms with van der Waals surface area (Å²) >= 11 is 0. The SMILES string of the molecule is CC(O)(C(=O)N(CC(=O)Nc1ccc2c(c1)CC1(C2)C(=O)NC2=C1C=CCN2)Cc1cc(F)cc(F)c1)C(F)(F)F. The lowest BCUT2D eigenvalue weighted by molar-refractivity contribution is -0.250. The number of fused-ring (bicyclic) bond motifs is 2. The molecule has 3 amide bonds. The Balaban J connectivity index is 1.35. The van der Waals surface area contributed by atoms with Gasteiger partial charge in [-0.25, -0.2) is 8.78 Å². The maximum absolute atomic E-state index is 13.7. The first-order valence-electron chi connectivity index (χ1n) is 12.6. The van der Waals surface area contributed by atoms with Gasteiger partial charge in [0.05, 0.1) is 5.41 Å². The van der Waals surface area contributed by atoms with Gasteiger partial charge in [-0.3, -0.25) is 14.4 Å². The number of carbonyl (C=O) groups excluding carboxylic acids is 3. The van der Waals surface area contributed by atoms with Gasteiger partial charge in [0.15, 0.2) is 0 Å². The fraction of sp³-hybridized carbons (Fsp3) is 0.321. The molecule has 5 rings (SSSR count). The first-order chi connectivity index (χ1) is 19.2. The van der Waals surface area contributed by atoms with Gasteiger partial charge in [-0.05, 0) is 60.7 Å². The van der Waals surface area contributed by atoms with E-state index >= 15 is 0 Å². The Labute approximate surface area is 230 Å². The number of rotatable bonds is 6. The lowest BCUT2D eigenvalue weighted by Gasteiger charge is -2.32. The van der Waals surface area contributed by atoms with Gasteiger partial charge < -0.3 is 26.0 Å². The number of anilines is 1. The second kappa shape index (κ2) is 9.98. The highest BCUT2D eigenvalue weighted by Crippen LogP contribution is 2.48. The molecule has 2 aromatic carbocycles. The smallest absolute Gasteiger partial charge is 0.373 e. The number of allylic oxidation sites excluding steroid dienone is 1. The molecule has 0 saturated carbocycles. The summed E-state index contributed by atoms with van der Waals surface area (Å²) in [7, 11) is 0. The summed E-state index contributed by atoms with van der Waals surface area (Å²) in [4.78, 5) is 39.0. The van der Waals surface area contributed by atoms with Gasteiger partial charge in [0.2, 0.25) is 17.4 Å². The molecule has 4 N–H and O–H groups in total. The van der Waals surface area contributed by atoms with Gasteiger partial charge in [-0.1, -0.05) is 18.2 Å². The molecular formula is C28H25F5N4O4. The van der Waals surface area contributed by atoms with Crippen LogP contribution in [-0.4, -0.2) is 52.6 Å². The van der Waals surface area contributed by atoms with Crippen LogP contribution in [0.2, 0.25) is 0 Å². The van der Waals surface area contributed by atoms with Crippen LogP contribution in [0, 0.1) is 17.0 Å². The van der Waals surface area contributed by atoms with Crippen molar-refractivity contribution in [2.24, 2.45) is 5.41 Å². The van der Waals surface area contributed by atoms with Crippen molar-refractivity contribution in [1.29, 1.82) is 0 Å². The molecule has 41 heavy (non-hydrogen) atoms. The first kappa shape index (κ1) is 28.3. The van der Waals surface area contributed by atoms with Crippen LogP contribution in [0.1, 0.15) is 23.6 Å². The zero-order valence-corrected chi connectivity index (χ0v) is 21.7. The van der Waals surface area contributed by atoms with E-state index < -0.39 is 53.7 Å². The number of benzene rings is 2. The second-order valence-electron chi connectivity index (χ2n) is 10.5. The van der Waals surface area contributed by atoms with Crippen molar-refractivity contribution >= 4 is 23.4 Å². The highest BCUT2D eigenvalue weighted by molar-refractivity contribution is 5.97. The van der Waals surface area contributed by atoms with Crippen LogP contribution in [0.15, 0.2) is 59.9 Å². The molecule has 2 unspecified atom stereocenters. The molecule has 2 heterocycles. The van der Waals surface area contributed by atoms with E-state index in [0.717, 1.165) is 28.8 Å². The van der Waals surface area contributed by atoms with E-state index in [9.17, 15) is 41.4 Å². The van der Waals surface area contributed by atoms with Crippen LogP contribution < -0.4 is 16.0 Å². The molecule has 2 aliphatic heterocycles. The Morgan fingerprint density at radius 3 is 2.44 bits per heavy atom. The molecule has 2 aromatic rings. The Morgan fingerprint density at radius 1 is 1.07 bits per heavy atom. The van der Waals surface area contributed by atoms with Gasteiger partial charge in [0.25, 0.3) is 5.91 Å². The molecule has 2 atom stereocenters. The average Bonchev–Trinajstić information content (AvgIpc) is 3.39. The van der Waals surface area contributed by atoms with E-state index in [1.165, 1.54) is 0 Å². The monoisotopic (exact) mass is 576 g/mol. The number of nitrogens with zero attached hydrogens (tertiary/aromatic N) is 1. The van der Waals surface area contributed by atoms with Gasteiger partial charge in [0, 0.05) is 30.4 Å². The molecule has 1 spiro atoms. The minimum absolute atomic E-state index is 0.150. The highest BCUT2D eigenvalue weighted by Gasteiger charge is 2.57. The fourth-order valence-electron chi connectivity index (χ4n) is 5.41.